The fourth-order valence-corrected chi connectivity index (χ4v) is 2.09. The molecular weight excluding hydrogens is 238 g/mol. The van der Waals surface area contributed by atoms with E-state index in [4.69, 9.17) is 0 Å². The van der Waals surface area contributed by atoms with Crippen molar-refractivity contribution in [3.05, 3.63) is 23.4 Å². The van der Waals surface area contributed by atoms with Gasteiger partial charge in [0.05, 0.1) is 0 Å². The van der Waals surface area contributed by atoms with Crippen LogP contribution in [-0.2, 0) is 17.6 Å². The van der Waals surface area contributed by atoms with Crippen LogP contribution in [0.2, 0.25) is 0 Å². The summed E-state index contributed by atoms with van der Waals surface area (Å²) in [4.78, 5) is 18.7. The summed E-state index contributed by atoms with van der Waals surface area (Å²) in [6, 6.07) is 2.03. The van der Waals surface area contributed by atoms with Crippen LogP contribution in [0.1, 0.15) is 31.9 Å². The molecule has 0 bridgehead atoms. The minimum atomic E-state index is -0.394. The third-order valence-electron chi connectivity index (χ3n) is 3.53. The van der Waals surface area contributed by atoms with Gasteiger partial charge in [-0.1, -0.05) is 20.8 Å². The smallest absolute Gasteiger partial charge is 0.230 e. The molecule has 2 heterocycles. The molecule has 0 atom stereocenters. The minimum absolute atomic E-state index is 0.00527. The number of fused-ring (bicyclic) bond motifs is 1. The van der Waals surface area contributed by atoms with Crippen LogP contribution in [0.15, 0.2) is 12.3 Å². The van der Waals surface area contributed by atoms with Crippen LogP contribution in [0.4, 0.5) is 5.82 Å². The van der Waals surface area contributed by atoms with Gasteiger partial charge in [0.25, 0.3) is 0 Å². The van der Waals surface area contributed by atoms with Gasteiger partial charge in [-0.2, -0.15) is 0 Å². The summed E-state index contributed by atoms with van der Waals surface area (Å²) in [7, 11) is 2.14. The molecule has 0 radical (unpaired) electrons. The number of pyridine rings is 1. The zero-order chi connectivity index (χ0) is 14.0. The number of carbonyl (C=O) groups is 1. The molecule has 4 nitrogen and oxygen atoms in total. The van der Waals surface area contributed by atoms with Crippen LogP contribution < -0.4 is 5.32 Å². The van der Waals surface area contributed by atoms with E-state index in [2.05, 4.69) is 22.2 Å². The second-order valence-electron chi connectivity index (χ2n) is 6.35. The maximum atomic E-state index is 12.0. The lowest BCUT2D eigenvalue weighted by Gasteiger charge is -2.17. The van der Waals surface area contributed by atoms with Crippen molar-refractivity contribution in [2.24, 2.45) is 5.41 Å². The van der Waals surface area contributed by atoms with Gasteiger partial charge in [0.1, 0.15) is 5.82 Å². The van der Waals surface area contributed by atoms with E-state index in [-0.39, 0.29) is 5.91 Å². The first-order valence-electron chi connectivity index (χ1n) is 6.84. The van der Waals surface area contributed by atoms with Crippen molar-refractivity contribution in [2.45, 2.75) is 33.6 Å². The summed E-state index contributed by atoms with van der Waals surface area (Å²) in [5, 5.41) is 2.90. The number of aromatic nitrogens is 1. The molecule has 1 N–H and O–H groups in total. The van der Waals surface area contributed by atoms with Gasteiger partial charge in [-0.25, -0.2) is 4.98 Å². The van der Waals surface area contributed by atoms with Gasteiger partial charge in [-0.05, 0) is 37.1 Å². The Hall–Kier alpha value is -1.42. The highest BCUT2D eigenvalue weighted by atomic mass is 16.2. The van der Waals surface area contributed by atoms with E-state index in [1.165, 1.54) is 11.1 Å². The quantitative estimate of drug-likeness (QED) is 0.842. The van der Waals surface area contributed by atoms with E-state index in [0.29, 0.717) is 5.82 Å². The maximum Gasteiger partial charge on any atom is 0.230 e. The fourth-order valence-electron chi connectivity index (χ4n) is 2.09. The van der Waals surface area contributed by atoms with Gasteiger partial charge in [0.15, 0.2) is 0 Å². The Kier molecular flexibility index (Phi) is 3.90. The number of carbonyl (C=O) groups excluding carboxylic acids is 1. The van der Waals surface area contributed by atoms with Crippen molar-refractivity contribution in [1.29, 1.82) is 0 Å². The molecule has 19 heavy (non-hydrogen) atoms. The van der Waals surface area contributed by atoms with E-state index in [9.17, 15) is 4.79 Å². The van der Waals surface area contributed by atoms with E-state index in [1.54, 1.807) is 0 Å². The number of amides is 1. The Bertz CT molecular complexity index is 477. The topological polar surface area (TPSA) is 45.2 Å². The average Bonchev–Trinajstić information content (AvgIpc) is 2.51. The van der Waals surface area contributed by atoms with Gasteiger partial charge >= 0.3 is 0 Å². The van der Waals surface area contributed by atoms with Crippen LogP contribution in [0.3, 0.4) is 0 Å². The van der Waals surface area contributed by atoms with Crippen molar-refractivity contribution in [2.75, 3.05) is 25.5 Å². The third-order valence-corrected chi connectivity index (χ3v) is 3.53. The van der Waals surface area contributed by atoms with Crippen LogP contribution in [0.5, 0.6) is 0 Å². The Morgan fingerprint density at radius 1 is 1.26 bits per heavy atom. The maximum absolute atomic E-state index is 12.0. The molecule has 0 unspecified atom stereocenters. The predicted octanol–water partition coefficient (Wildman–Crippen LogP) is 2.10. The molecule has 0 saturated heterocycles. The van der Waals surface area contributed by atoms with E-state index < -0.39 is 5.41 Å². The Labute approximate surface area is 115 Å². The monoisotopic (exact) mass is 261 g/mol. The first kappa shape index (κ1) is 14.0. The number of anilines is 1. The zero-order valence-corrected chi connectivity index (χ0v) is 12.3. The summed E-state index contributed by atoms with van der Waals surface area (Å²) in [6.07, 6.45) is 3.96. The van der Waals surface area contributed by atoms with Crippen molar-refractivity contribution < 1.29 is 4.79 Å². The summed E-state index contributed by atoms with van der Waals surface area (Å²) in [6.45, 7) is 7.84. The largest absolute Gasteiger partial charge is 0.310 e. The van der Waals surface area contributed by atoms with E-state index in [1.807, 2.05) is 33.0 Å². The molecule has 2 rings (SSSR count). The van der Waals surface area contributed by atoms with Gasteiger partial charge in [0, 0.05) is 24.7 Å². The summed E-state index contributed by atoms with van der Waals surface area (Å²) in [5.41, 5.74) is 2.22. The number of rotatable bonds is 1. The fraction of sp³-hybridized carbons (Fsp3) is 0.600. The normalized spacial score (nSPS) is 16.6. The lowest BCUT2D eigenvalue weighted by Crippen LogP contribution is -2.28. The summed E-state index contributed by atoms with van der Waals surface area (Å²) in [5.74, 6) is 0.675. The average molecular weight is 261 g/mol. The summed E-state index contributed by atoms with van der Waals surface area (Å²) < 4.78 is 0. The molecular formula is C15H23N3O. The van der Waals surface area contributed by atoms with Crippen LogP contribution in [-0.4, -0.2) is 35.9 Å². The molecule has 4 heteroatoms. The molecule has 1 aliphatic heterocycles. The van der Waals surface area contributed by atoms with E-state index in [0.717, 1.165) is 25.9 Å². The highest BCUT2D eigenvalue weighted by molar-refractivity contribution is 5.93. The second kappa shape index (κ2) is 5.29. The number of hydrogen-bond donors (Lipinski definition) is 1. The number of nitrogens with zero attached hydrogens (tertiary/aromatic N) is 2. The first-order valence-corrected chi connectivity index (χ1v) is 6.84. The van der Waals surface area contributed by atoms with E-state index >= 15 is 0 Å². The van der Waals surface area contributed by atoms with Crippen molar-refractivity contribution >= 4 is 11.7 Å². The SMILES string of the molecule is CN1CCc2cnc(NC(=O)C(C)(C)C)cc2CC1. The molecule has 1 aliphatic rings. The lowest BCUT2D eigenvalue weighted by atomic mass is 9.95. The number of hydrogen-bond acceptors (Lipinski definition) is 3. The molecule has 0 aromatic carbocycles. The molecule has 1 aromatic rings. The van der Waals surface area contributed by atoms with Gasteiger partial charge in [-0.3, -0.25) is 4.79 Å². The Morgan fingerprint density at radius 2 is 1.89 bits per heavy atom. The van der Waals surface area contributed by atoms with Crippen LogP contribution in [0, 0.1) is 5.41 Å². The summed E-state index contributed by atoms with van der Waals surface area (Å²) >= 11 is 0. The zero-order valence-electron chi connectivity index (χ0n) is 12.3. The first-order chi connectivity index (χ1) is 8.86. The molecule has 1 amide bonds. The molecule has 104 valence electrons. The van der Waals surface area contributed by atoms with Crippen LogP contribution >= 0.6 is 0 Å². The number of likely N-dealkylation sites (N-methyl/N-ethyl adjacent to an activating group) is 1. The molecule has 0 spiro atoms. The molecule has 0 saturated carbocycles. The lowest BCUT2D eigenvalue weighted by molar-refractivity contribution is -0.123. The van der Waals surface area contributed by atoms with Crippen molar-refractivity contribution in [3.63, 3.8) is 0 Å². The minimum Gasteiger partial charge on any atom is -0.310 e. The number of nitrogens with one attached hydrogen (secondary N) is 1. The molecule has 0 fully saturated rings. The van der Waals surface area contributed by atoms with Crippen LogP contribution in [0.25, 0.3) is 0 Å². The van der Waals surface area contributed by atoms with Gasteiger partial charge in [0.2, 0.25) is 5.91 Å². The Morgan fingerprint density at radius 3 is 2.53 bits per heavy atom. The van der Waals surface area contributed by atoms with Crippen molar-refractivity contribution in [3.8, 4) is 0 Å². The molecule has 0 aliphatic carbocycles. The molecule has 1 aromatic heterocycles. The highest BCUT2D eigenvalue weighted by Crippen LogP contribution is 2.20. The van der Waals surface area contributed by atoms with Gasteiger partial charge in [-0.15, -0.1) is 0 Å². The standard InChI is InChI=1S/C15H23N3O/c1-15(2,3)14(19)17-13-9-11-5-7-18(4)8-6-12(11)10-16-13/h9-10H,5-8H2,1-4H3,(H,16,17,19). The van der Waals surface area contributed by atoms with Crippen molar-refractivity contribution in [1.82, 2.24) is 9.88 Å². The Balaban J connectivity index is 2.15. The predicted molar refractivity (Wildman–Crippen MR) is 77.2 cm³/mol. The third kappa shape index (κ3) is 3.53. The second-order valence-corrected chi connectivity index (χ2v) is 6.35. The van der Waals surface area contributed by atoms with Gasteiger partial charge < -0.3 is 10.2 Å². The highest BCUT2D eigenvalue weighted by Gasteiger charge is 2.22.